The standard InChI is InChI=1S/C22H19N3O4/c1-27-17-10-9-16(12-19(17)28-2)21(26)24-13-14-5-7-15(8-6-14)22-25-20-18(29-22)4-3-11-23-20/h3-12H,13H2,1-2H3,(H,24,26). The molecule has 0 bridgehead atoms. The first-order valence-electron chi connectivity index (χ1n) is 8.99. The zero-order chi connectivity index (χ0) is 20.2. The van der Waals surface area contributed by atoms with E-state index in [0.717, 1.165) is 11.1 Å². The average Bonchev–Trinajstić information content (AvgIpc) is 3.21. The van der Waals surface area contributed by atoms with Gasteiger partial charge >= 0.3 is 0 Å². The number of hydrogen-bond acceptors (Lipinski definition) is 6. The van der Waals surface area contributed by atoms with Gasteiger partial charge in [0.05, 0.1) is 14.2 Å². The summed E-state index contributed by atoms with van der Waals surface area (Å²) in [4.78, 5) is 21.0. The first-order valence-corrected chi connectivity index (χ1v) is 8.99. The fourth-order valence-corrected chi connectivity index (χ4v) is 2.92. The molecule has 0 saturated carbocycles. The molecule has 0 radical (unpaired) electrons. The number of amides is 1. The fourth-order valence-electron chi connectivity index (χ4n) is 2.92. The molecular weight excluding hydrogens is 370 g/mol. The van der Waals surface area contributed by atoms with Gasteiger partial charge in [0.25, 0.3) is 5.91 Å². The molecule has 0 aliphatic heterocycles. The first kappa shape index (κ1) is 18.5. The Morgan fingerprint density at radius 1 is 1.03 bits per heavy atom. The van der Waals surface area contributed by atoms with Crippen molar-refractivity contribution in [2.24, 2.45) is 0 Å². The van der Waals surface area contributed by atoms with Gasteiger partial charge < -0.3 is 19.2 Å². The summed E-state index contributed by atoms with van der Waals surface area (Å²) >= 11 is 0. The Kier molecular flexibility index (Phi) is 5.11. The second-order valence-corrected chi connectivity index (χ2v) is 6.29. The van der Waals surface area contributed by atoms with Crippen LogP contribution in [-0.4, -0.2) is 30.1 Å². The molecule has 0 fully saturated rings. The van der Waals surface area contributed by atoms with Gasteiger partial charge in [-0.2, -0.15) is 4.98 Å². The molecule has 1 N–H and O–H groups in total. The highest BCUT2D eigenvalue weighted by molar-refractivity contribution is 5.94. The Hall–Kier alpha value is -3.87. The number of aromatic nitrogens is 2. The van der Waals surface area contributed by atoms with Crippen molar-refractivity contribution in [1.82, 2.24) is 15.3 Å². The van der Waals surface area contributed by atoms with E-state index < -0.39 is 0 Å². The third kappa shape index (κ3) is 3.89. The largest absolute Gasteiger partial charge is 0.493 e. The summed E-state index contributed by atoms with van der Waals surface area (Å²) in [6, 6.07) is 16.3. The van der Waals surface area contributed by atoms with Gasteiger partial charge in [-0.25, -0.2) is 4.98 Å². The van der Waals surface area contributed by atoms with Crippen molar-refractivity contribution in [3.05, 3.63) is 71.9 Å². The van der Waals surface area contributed by atoms with Crippen LogP contribution in [0.4, 0.5) is 0 Å². The smallest absolute Gasteiger partial charge is 0.251 e. The molecule has 4 aromatic rings. The van der Waals surface area contributed by atoms with E-state index in [9.17, 15) is 4.79 Å². The predicted molar refractivity (Wildman–Crippen MR) is 108 cm³/mol. The van der Waals surface area contributed by atoms with Gasteiger partial charge in [0.1, 0.15) is 0 Å². The van der Waals surface area contributed by atoms with E-state index in [0.29, 0.717) is 40.7 Å². The number of nitrogens with one attached hydrogen (secondary N) is 1. The van der Waals surface area contributed by atoms with E-state index in [-0.39, 0.29) is 5.91 Å². The maximum Gasteiger partial charge on any atom is 0.251 e. The number of benzene rings is 2. The summed E-state index contributed by atoms with van der Waals surface area (Å²) in [7, 11) is 3.09. The summed E-state index contributed by atoms with van der Waals surface area (Å²) in [5, 5.41) is 2.90. The van der Waals surface area contributed by atoms with Crippen molar-refractivity contribution < 1.29 is 18.7 Å². The van der Waals surface area contributed by atoms with E-state index in [2.05, 4.69) is 15.3 Å². The molecule has 2 aromatic carbocycles. The van der Waals surface area contributed by atoms with E-state index in [1.165, 1.54) is 7.11 Å². The van der Waals surface area contributed by atoms with Crippen LogP contribution in [0.1, 0.15) is 15.9 Å². The molecule has 0 spiro atoms. The van der Waals surface area contributed by atoms with E-state index in [1.54, 1.807) is 31.5 Å². The normalized spacial score (nSPS) is 10.7. The lowest BCUT2D eigenvalue weighted by atomic mass is 10.1. The molecule has 7 heteroatoms. The molecule has 4 rings (SSSR count). The number of carbonyl (C=O) groups excluding carboxylic acids is 1. The SMILES string of the molecule is COc1ccc(C(=O)NCc2ccc(-c3nc4ncccc4o3)cc2)cc1OC. The molecular formula is C22H19N3O4. The third-order valence-electron chi connectivity index (χ3n) is 4.46. The van der Waals surface area contributed by atoms with E-state index >= 15 is 0 Å². The average molecular weight is 389 g/mol. The maximum absolute atomic E-state index is 12.4. The van der Waals surface area contributed by atoms with Gasteiger partial charge in [0, 0.05) is 23.9 Å². The fraction of sp³-hybridized carbons (Fsp3) is 0.136. The number of carbonyl (C=O) groups is 1. The highest BCUT2D eigenvalue weighted by Gasteiger charge is 2.11. The molecule has 0 atom stereocenters. The highest BCUT2D eigenvalue weighted by atomic mass is 16.5. The lowest BCUT2D eigenvalue weighted by Crippen LogP contribution is -2.22. The molecule has 146 valence electrons. The van der Waals surface area contributed by atoms with Crippen LogP contribution in [0.2, 0.25) is 0 Å². The molecule has 0 aliphatic rings. The van der Waals surface area contributed by atoms with Gasteiger partial charge in [0.15, 0.2) is 22.7 Å². The number of hydrogen-bond donors (Lipinski definition) is 1. The van der Waals surface area contributed by atoms with Crippen LogP contribution in [0.25, 0.3) is 22.7 Å². The molecule has 2 heterocycles. The highest BCUT2D eigenvalue weighted by Crippen LogP contribution is 2.27. The second-order valence-electron chi connectivity index (χ2n) is 6.29. The van der Waals surface area contributed by atoms with Crippen LogP contribution >= 0.6 is 0 Å². The first-order chi connectivity index (χ1) is 14.2. The third-order valence-corrected chi connectivity index (χ3v) is 4.46. The summed E-state index contributed by atoms with van der Waals surface area (Å²) in [6.45, 7) is 0.391. The van der Waals surface area contributed by atoms with Gasteiger partial charge in [-0.3, -0.25) is 4.79 Å². The number of oxazole rings is 1. The van der Waals surface area contributed by atoms with Crippen molar-refractivity contribution in [1.29, 1.82) is 0 Å². The minimum atomic E-state index is -0.194. The van der Waals surface area contributed by atoms with Crippen LogP contribution in [-0.2, 0) is 6.54 Å². The van der Waals surface area contributed by atoms with Crippen molar-refractivity contribution in [2.75, 3.05) is 14.2 Å². The zero-order valence-electron chi connectivity index (χ0n) is 16.0. The van der Waals surface area contributed by atoms with Crippen molar-refractivity contribution in [3.8, 4) is 23.0 Å². The number of methoxy groups -OCH3 is 2. The van der Waals surface area contributed by atoms with Gasteiger partial charge in [0.2, 0.25) is 5.89 Å². The summed E-state index contributed by atoms with van der Waals surface area (Å²) in [5.41, 5.74) is 3.52. The predicted octanol–water partition coefficient (Wildman–Crippen LogP) is 3.84. The lowest BCUT2D eigenvalue weighted by molar-refractivity contribution is 0.0950. The molecule has 0 aliphatic carbocycles. The molecule has 0 saturated heterocycles. The number of nitrogens with zero attached hydrogens (tertiary/aromatic N) is 2. The zero-order valence-corrected chi connectivity index (χ0v) is 16.0. The molecule has 2 aromatic heterocycles. The summed E-state index contributed by atoms with van der Waals surface area (Å²) in [5.74, 6) is 1.41. The lowest BCUT2D eigenvalue weighted by Gasteiger charge is -2.10. The molecule has 29 heavy (non-hydrogen) atoms. The van der Waals surface area contributed by atoms with Crippen molar-refractivity contribution in [3.63, 3.8) is 0 Å². The molecule has 7 nitrogen and oxygen atoms in total. The number of pyridine rings is 1. The van der Waals surface area contributed by atoms with Crippen LogP contribution in [0, 0.1) is 0 Å². The Balaban J connectivity index is 1.43. The van der Waals surface area contributed by atoms with Crippen LogP contribution in [0.15, 0.2) is 65.2 Å². The van der Waals surface area contributed by atoms with Crippen LogP contribution in [0.5, 0.6) is 11.5 Å². The number of ether oxygens (including phenoxy) is 2. The summed E-state index contributed by atoms with van der Waals surface area (Å²) < 4.78 is 16.2. The summed E-state index contributed by atoms with van der Waals surface area (Å²) in [6.07, 6.45) is 1.68. The minimum Gasteiger partial charge on any atom is -0.493 e. The Morgan fingerprint density at radius 3 is 2.55 bits per heavy atom. The maximum atomic E-state index is 12.4. The molecule has 0 unspecified atom stereocenters. The molecule has 1 amide bonds. The van der Waals surface area contributed by atoms with E-state index in [4.69, 9.17) is 13.9 Å². The quantitative estimate of drug-likeness (QED) is 0.539. The minimum absolute atomic E-state index is 0.194. The monoisotopic (exact) mass is 389 g/mol. The van der Waals surface area contributed by atoms with Crippen molar-refractivity contribution >= 4 is 17.1 Å². The van der Waals surface area contributed by atoms with Gasteiger partial charge in [-0.05, 0) is 48.0 Å². The van der Waals surface area contributed by atoms with E-state index in [1.807, 2.05) is 36.4 Å². The van der Waals surface area contributed by atoms with Crippen LogP contribution < -0.4 is 14.8 Å². The van der Waals surface area contributed by atoms with Gasteiger partial charge in [-0.15, -0.1) is 0 Å². The van der Waals surface area contributed by atoms with Crippen molar-refractivity contribution in [2.45, 2.75) is 6.54 Å². The Labute approximate surface area is 167 Å². The Morgan fingerprint density at radius 2 is 1.83 bits per heavy atom. The Bertz CT molecular complexity index is 1120. The number of rotatable bonds is 6. The van der Waals surface area contributed by atoms with Gasteiger partial charge in [-0.1, -0.05) is 12.1 Å². The topological polar surface area (TPSA) is 86.5 Å². The second kappa shape index (κ2) is 8.02. The van der Waals surface area contributed by atoms with Crippen LogP contribution in [0.3, 0.4) is 0 Å². The number of fused-ring (bicyclic) bond motifs is 1.